The van der Waals surface area contributed by atoms with Gasteiger partial charge in [0.2, 0.25) is 10.0 Å². The summed E-state index contributed by atoms with van der Waals surface area (Å²) in [6, 6.07) is 14.1. The molecule has 0 bridgehead atoms. The van der Waals surface area contributed by atoms with Crippen LogP contribution in [-0.2, 0) is 36.6 Å². The van der Waals surface area contributed by atoms with Gasteiger partial charge in [0.05, 0.1) is 50.4 Å². The standard InChI is InChI=1S/C33H36FN3O8S/c1-36-32(38)30-27-17-26(21-4-5-21)23(16-29(27)45-31(30)22-6-8-24(34)9-7-22)19-46(40,41)37-11-12-43-13-14-44-18-20-3-10-25(28(35)15-20)33(39)42-2/h3,6-10,15-17,21,37H,4-5,11-14,18-19,35H2,1-2H3,(H,36,38). The van der Waals surface area contributed by atoms with Gasteiger partial charge in [-0.1, -0.05) is 6.07 Å². The Labute approximate surface area is 266 Å². The highest BCUT2D eigenvalue weighted by Crippen LogP contribution is 2.45. The predicted octanol–water partition coefficient (Wildman–Crippen LogP) is 4.50. The minimum Gasteiger partial charge on any atom is -0.465 e. The first-order valence-electron chi connectivity index (χ1n) is 14.8. The molecule has 5 rings (SSSR count). The van der Waals surface area contributed by atoms with Gasteiger partial charge in [0.25, 0.3) is 5.91 Å². The lowest BCUT2D eigenvalue weighted by Crippen LogP contribution is -2.29. The number of esters is 1. The summed E-state index contributed by atoms with van der Waals surface area (Å²) in [5.41, 5.74) is 9.96. The third-order valence-electron chi connectivity index (χ3n) is 7.60. The Hall–Kier alpha value is -4.30. The molecule has 1 saturated carbocycles. The van der Waals surface area contributed by atoms with E-state index in [-0.39, 0.29) is 61.9 Å². The van der Waals surface area contributed by atoms with E-state index < -0.39 is 21.8 Å². The smallest absolute Gasteiger partial charge is 0.339 e. The van der Waals surface area contributed by atoms with E-state index in [0.29, 0.717) is 33.3 Å². The maximum atomic E-state index is 13.6. The van der Waals surface area contributed by atoms with Crippen LogP contribution in [0.3, 0.4) is 0 Å². The topological polar surface area (TPSA) is 159 Å². The second-order valence-corrected chi connectivity index (χ2v) is 12.8. The number of halogens is 1. The molecule has 1 aliphatic rings. The number of sulfonamides is 1. The van der Waals surface area contributed by atoms with Crippen LogP contribution in [0.5, 0.6) is 0 Å². The second kappa shape index (κ2) is 14.4. The molecule has 1 amide bonds. The third-order valence-corrected chi connectivity index (χ3v) is 8.94. The molecule has 3 aromatic carbocycles. The van der Waals surface area contributed by atoms with Crippen LogP contribution >= 0.6 is 0 Å². The Morgan fingerprint density at radius 3 is 2.43 bits per heavy atom. The molecular weight excluding hydrogens is 617 g/mol. The lowest BCUT2D eigenvalue weighted by Gasteiger charge is -2.12. The Bertz CT molecular complexity index is 1840. The quantitative estimate of drug-likeness (QED) is 0.0954. The van der Waals surface area contributed by atoms with Gasteiger partial charge in [0, 0.05) is 30.2 Å². The van der Waals surface area contributed by atoms with Crippen molar-refractivity contribution in [2.45, 2.75) is 31.1 Å². The van der Waals surface area contributed by atoms with Gasteiger partial charge >= 0.3 is 5.97 Å². The first-order chi connectivity index (χ1) is 22.1. The fraction of sp³-hybridized carbons (Fsp3) is 0.333. The average Bonchev–Trinajstić information content (AvgIpc) is 3.81. The van der Waals surface area contributed by atoms with Crippen molar-refractivity contribution in [1.29, 1.82) is 0 Å². The van der Waals surface area contributed by atoms with Gasteiger partial charge in [0.1, 0.15) is 17.2 Å². The zero-order valence-electron chi connectivity index (χ0n) is 25.6. The molecule has 4 N–H and O–H groups in total. The maximum Gasteiger partial charge on any atom is 0.339 e. The van der Waals surface area contributed by atoms with E-state index in [1.807, 2.05) is 6.07 Å². The highest BCUT2D eigenvalue weighted by molar-refractivity contribution is 7.88. The number of anilines is 1. The molecule has 1 fully saturated rings. The summed E-state index contributed by atoms with van der Waals surface area (Å²) < 4.78 is 64.2. The minimum atomic E-state index is -3.73. The molecule has 1 aromatic heterocycles. The van der Waals surface area contributed by atoms with Crippen molar-refractivity contribution in [2.24, 2.45) is 0 Å². The van der Waals surface area contributed by atoms with E-state index in [9.17, 15) is 22.4 Å². The van der Waals surface area contributed by atoms with Crippen molar-refractivity contribution in [2.75, 3.05) is 46.3 Å². The number of hydrogen-bond donors (Lipinski definition) is 3. The predicted molar refractivity (Wildman–Crippen MR) is 170 cm³/mol. The van der Waals surface area contributed by atoms with E-state index in [4.69, 9.17) is 19.6 Å². The van der Waals surface area contributed by atoms with E-state index >= 15 is 0 Å². The van der Waals surface area contributed by atoms with Crippen molar-refractivity contribution < 1.29 is 41.0 Å². The Kier molecular flexibility index (Phi) is 10.4. The number of methoxy groups -OCH3 is 1. The molecule has 0 unspecified atom stereocenters. The monoisotopic (exact) mass is 653 g/mol. The number of hydrogen-bond acceptors (Lipinski definition) is 9. The number of fused-ring (bicyclic) bond motifs is 1. The van der Waals surface area contributed by atoms with Crippen molar-refractivity contribution in [3.8, 4) is 11.3 Å². The molecule has 1 aliphatic carbocycles. The molecular formula is C33H36FN3O8S. The van der Waals surface area contributed by atoms with Crippen molar-refractivity contribution in [3.63, 3.8) is 0 Å². The number of nitrogen functional groups attached to an aromatic ring is 1. The van der Waals surface area contributed by atoms with Crippen LogP contribution in [0.4, 0.5) is 10.1 Å². The fourth-order valence-corrected chi connectivity index (χ4v) is 6.34. The number of amides is 1. The molecule has 46 heavy (non-hydrogen) atoms. The van der Waals surface area contributed by atoms with Gasteiger partial charge in [-0.2, -0.15) is 0 Å². The van der Waals surface area contributed by atoms with Crippen LogP contribution in [0.2, 0.25) is 0 Å². The number of furan rings is 1. The number of nitrogens with two attached hydrogens (primary N) is 1. The molecule has 0 radical (unpaired) electrons. The first-order valence-corrected chi connectivity index (χ1v) is 16.4. The van der Waals surface area contributed by atoms with Crippen molar-refractivity contribution in [1.82, 2.24) is 10.0 Å². The van der Waals surface area contributed by atoms with Gasteiger partial charge in [-0.3, -0.25) is 4.79 Å². The van der Waals surface area contributed by atoms with Gasteiger partial charge in [-0.15, -0.1) is 0 Å². The number of carbonyl (C=O) groups excluding carboxylic acids is 2. The van der Waals surface area contributed by atoms with E-state index in [0.717, 1.165) is 24.0 Å². The van der Waals surface area contributed by atoms with Crippen LogP contribution in [-0.4, -0.2) is 60.8 Å². The van der Waals surface area contributed by atoms with Gasteiger partial charge in [-0.25, -0.2) is 22.3 Å². The number of ether oxygens (including phenoxy) is 3. The van der Waals surface area contributed by atoms with Crippen LogP contribution in [0.1, 0.15) is 56.2 Å². The van der Waals surface area contributed by atoms with Crippen LogP contribution in [0, 0.1) is 5.82 Å². The van der Waals surface area contributed by atoms with Crippen LogP contribution in [0.15, 0.2) is 59.0 Å². The summed E-state index contributed by atoms with van der Waals surface area (Å²) in [7, 11) is -0.924. The largest absolute Gasteiger partial charge is 0.465 e. The molecule has 0 spiro atoms. The Morgan fingerprint density at radius 2 is 1.76 bits per heavy atom. The highest BCUT2D eigenvalue weighted by Gasteiger charge is 2.31. The number of nitrogens with one attached hydrogen (secondary N) is 2. The van der Waals surface area contributed by atoms with Gasteiger partial charge < -0.3 is 29.7 Å². The summed E-state index contributed by atoms with van der Waals surface area (Å²) in [6.45, 7) is 1.01. The van der Waals surface area contributed by atoms with Gasteiger partial charge in [-0.05, 0) is 84.0 Å². The summed E-state index contributed by atoms with van der Waals surface area (Å²) in [4.78, 5) is 24.6. The molecule has 1 heterocycles. The van der Waals surface area contributed by atoms with Crippen molar-refractivity contribution >= 4 is 38.6 Å². The molecule has 13 heteroatoms. The summed E-state index contributed by atoms with van der Waals surface area (Å²) in [5.74, 6) is -1.06. The molecule has 0 aliphatic heterocycles. The molecule has 0 saturated heterocycles. The van der Waals surface area contributed by atoms with Crippen LogP contribution in [0.25, 0.3) is 22.3 Å². The van der Waals surface area contributed by atoms with E-state index in [1.165, 1.54) is 38.4 Å². The summed E-state index contributed by atoms with van der Waals surface area (Å²) >= 11 is 0. The van der Waals surface area contributed by atoms with E-state index in [1.54, 1.807) is 24.3 Å². The minimum absolute atomic E-state index is 0.0746. The second-order valence-electron chi connectivity index (χ2n) is 10.9. The fourth-order valence-electron chi connectivity index (χ4n) is 5.19. The molecule has 0 atom stereocenters. The Balaban J connectivity index is 1.17. The lowest BCUT2D eigenvalue weighted by molar-refractivity contribution is 0.0426. The number of carbonyl (C=O) groups is 2. The lowest BCUT2D eigenvalue weighted by atomic mass is 9.98. The Morgan fingerprint density at radius 1 is 1.02 bits per heavy atom. The SMILES string of the molecule is CNC(=O)c1c(-c2ccc(F)cc2)oc2cc(CS(=O)(=O)NCCOCCOCc3ccc(C(=O)OC)c(N)c3)c(C3CC3)cc12. The maximum absolute atomic E-state index is 13.6. The van der Waals surface area contributed by atoms with Crippen LogP contribution < -0.4 is 15.8 Å². The normalized spacial score (nSPS) is 13.2. The zero-order chi connectivity index (χ0) is 32.8. The average molecular weight is 654 g/mol. The molecule has 244 valence electrons. The summed E-state index contributed by atoms with van der Waals surface area (Å²) in [5, 5.41) is 3.22. The molecule has 4 aromatic rings. The van der Waals surface area contributed by atoms with E-state index in [2.05, 4.69) is 14.8 Å². The molecule has 11 nitrogen and oxygen atoms in total. The number of rotatable bonds is 15. The summed E-state index contributed by atoms with van der Waals surface area (Å²) in [6.07, 6.45) is 1.85. The number of benzene rings is 3. The third kappa shape index (κ3) is 7.91. The van der Waals surface area contributed by atoms with Gasteiger partial charge in [0.15, 0.2) is 0 Å². The zero-order valence-corrected chi connectivity index (χ0v) is 26.4. The van der Waals surface area contributed by atoms with Crippen molar-refractivity contribution in [3.05, 3.63) is 88.2 Å². The first kappa shape index (κ1) is 33.1. The highest BCUT2D eigenvalue weighted by atomic mass is 32.2.